The van der Waals surface area contributed by atoms with Crippen LogP contribution >= 0.6 is 0 Å². The van der Waals surface area contributed by atoms with Gasteiger partial charge in [0.15, 0.2) is 0 Å². The van der Waals surface area contributed by atoms with E-state index in [4.69, 9.17) is 5.84 Å². The molecule has 0 unspecified atom stereocenters. The van der Waals surface area contributed by atoms with Crippen molar-refractivity contribution in [2.45, 2.75) is 19.9 Å². The summed E-state index contributed by atoms with van der Waals surface area (Å²) in [5, 5.41) is 1.12. The number of pyridine rings is 1. The summed E-state index contributed by atoms with van der Waals surface area (Å²) in [6.45, 7) is 2.62. The summed E-state index contributed by atoms with van der Waals surface area (Å²) >= 11 is 0. The van der Waals surface area contributed by atoms with Gasteiger partial charge in [-0.2, -0.15) is 0 Å². The van der Waals surface area contributed by atoms with Gasteiger partial charge in [-0.1, -0.05) is 0 Å². The molecule has 0 aliphatic carbocycles. The van der Waals surface area contributed by atoms with Crippen LogP contribution in [0.1, 0.15) is 12.0 Å². The number of carbonyl (C=O) groups excluding carboxylic acids is 1. The molecule has 2 aromatic heterocycles. The van der Waals surface area contributed by atoms with Crippen LogP contribution in [0.4, 0.5) is 0 Å². The predicted molar refractivity (Wildman–Crippen MR) is 61.4 cm³/mol. The Labute approximate surface area is 93.2 Å². The third kappa shape index (κ3) is 1.90. The Morgan fingerprint density at radius 2 is 2.44 bits per heavy atom. The summed E-state index contributed by atoms with van der Waals surface area (Å²) < 4.78 is 1.97. The fourth-order valence-corrected chi connectivity index (χ4v) is 1.76. The zero-order chi connectivity index (χ0) is 11.5. The number of carbonyl (C=O) groups is 1. The van der Waals surface area contributed by atoms with Gasteiger partial charge >= 0.3 is 0 Å². The summed E-state index contributed by atoms with van der Waals surface area (Å²) in [6.07, 6.45) is 4.11. The molecule has 84 valence electrons. The highest BCUT2D eigenvalue weighted by Gasteiger charge is 2.06. The van der Waals surface area contributed by atoms with Gasteiger partial charge in [0, 0.05) is 30.7 Å². The van der Waals surface area contributed by atoms with Crippen molar-refractivity contribution in [2.75, 3.05) is 0 Å². The maximum atomic E-state index is 11.1. The van der Waals surface area contributed by atoms with Crippen molar-refractivity contribution >= 4 is 16.9 Å². The van der Waals surface area contributed by atoms with E-state index >= 15 is 0 Å². The Morgan fingerprint density at radius 1 is 1.62 bits per heavy atom. The lowest BCUT2D eigenvalue weighted by Gasteiger charge is -2.03. The first-order valence-corrected chi connectivity index (χ1v) is 5.12. The Kier molecular flexibility index (Phi) is 2.87. The number of aryl methyl sites for hydroxylation is 2. The first kappa shape index (κ1) is 10.6. The standard InChI is InChI=1S/C11H14N4O/c1-8-7-15(6-4-10(16)14-12)11-9(8)3-2-5-13-11/h2-3,5,7H,4,6,12H2,1H3,(H,14,16). The first-order valence-electron chi connectivity index (χ1n) is 5.12. The molecule has 0 aliphatic heterocycles. The minimum atomic E-state index is -0.171. The predicted octanol–water partition coefficient (Wildman–Crippen LogP) is 0.725. The number of nitrogens with two attached hydrogens (primary N) is 1. The molecule has 0 bridgehead atoms. The Bertz CT molecular complexity index is 518. The van der Waals surface area contributed by atoms with Crippen molar-refractivity contribution < 1.29 is 4.79 Å². The molecule has 0 atom stereocenters. The maximum absolute atomic E-state index is 11.1. The molecule has 0 aromatic carbocycles. The third-order valence-corrected chi connectivity index (χ3v) is 2.57. The molecular formula is C11H14N4O. The number of amides is 1. The van der Waals surface area contributed by atoms with Gasteiger partial charge in [-0.05, 0) is 24.6 Å². The Hall–Kier alpha value is -1.88. The number of fused-ring (bicyclic) bond motifs is 1. The van der Waals surface area contributed by atoms with Crippen LogP contribution < -0.4 is 11.3 Å². The van der Waals surface area contributed by atoms with Crippen molar-refractivity contribution in [3.8, 4) is 0 Å². The van der Waals surface area contributed by atoms with Gasteiger partial charge in [0.05, 0.1) is 0 Å². The summed E-state index contributed by atoms with van der Waals surface area (Å²) in [4.78, 5) is 15.4. The van der Waals surface area contributed by atoms with Gasteiger partial charge in [-0.3, -0.25) is 10.2 Å². The highest BCUT2D eigenvalue weighted by Crippen LogP contribution is 2.18. The van der Waals surface area contributed by atoms with Crippen molar-refractivity contribution in [1.29, 1.82) is 0 Å². The van der Waals surface area contributed by atoms with Crippen molar-refractivity contribution in [2.24, 2.45) is 5.84 Å². The molecule has 0 fully saturated rings. The fraction of sp³-hybridized carbons (Fsp3) is 0.273. The zero-order valence-electron chi connectivity index (χ0n) is 9.10. The lowest BCUT2D eigenvalue weighted by molar-refractivity contribution is -0.121. The zero-order valence-corrected chi connectivity index (χ0v) is 9.10. The number of hydrogen-bond acceptors (Lipinski definition) is 3. The topological polar surface area (TPSA) is 72.9 Å². The van der Waals surface area contributed by atoms with Gasteiger partial charge in [0.25, 0.3) is 0 Å². The van der Waals surface area contributed by atoms with Crippen molar-refractivity contribution in [3.63, 3.8) is 0 Å². The molecule has 16 heavy (non-hydrogen) atoms. The molecule has 0 radical (unpaired) electrons. The van der Waals surface area contributed by atoms with Crippen LogP contribution in [0, 0.1) is 6.92 Å². The van der Waals surface area contributed by atoms with Crippen LogP contribution in [0.15, 0.2) is 24.5 Å². The van der Waals surface area contributed by atoms with Crippen LogP contribution in [-0.2, 0) is 11.3 Å². The molecule has 2 rings (SSSR count). The number of aromatic nitrogens is 2. The second-order valence-electron chi connectivity index (χ2n) is 3.70. The molecule has 0 aliphatic rings. The monoisotopic (exact) mass is 218 g/mol. The molecule has 0 saturated heterocycles. The van der Waals surface area contributed by atoms with E-state index in [1.165, 1.54) is 0 Å². The molecule has 0 saturated carbocycles. The highest BCUT2D eigenvalue weighted by atomic mass is 16.2. The minimum Gasteiger partial charge on any atom is -0.332 e. The van der Waals surface area contributed by atoms with Crippen LogP contribution in [0.2, 0.25) is 0 Å². The molecule has 2 aromatic rings. The molecule has 0 spiro atoms. The maximum Gasteiger partial charge on any atom is 0.235 e. The van der Waals surface area contributed by atoms with Gasteiger partial charge < -0.3 is 4.57 Å². The van der Waals surface area contributed by atoms with E-state index in [9.17, 15) is 4.79 Å². The number of hydrogen-bond donors (Lipinski definition) is 2. The number of rotatable bonds is 3. The highest BCUT2D eigenvalue weighted by molar-refractivity contribution is 5.80. The van der Waals surface area contributed by atoms with E-state index in [0.717, 1.165) is 16.6 Å². The summed E-state index contributed by atoms with van der Waals surface area (Å²) in [6, 6.07) is 3.93. The molecule has 1 amide bonds. The van der Waals surface area contributed by atoms with E-state index in [1.807, 2.05) is 29.8 Å². The van der Waals surface area contributed by atoms with Gasteiger partial charge in [-0.15, -0.1) is 0 Å². The number of nitrogens with one attached hydrogen (secondary N) is 1. The molecular weight excluding hydrogens is 204 g/mol. The minimum absolute atomic E-state index is 0.171. The van der Waals surface area contributed by atoms with Gasteiger partial charge in [0.1, 0.15) is 5.65 Å². The van der Waals surface area contributed by atoms with Gasteiger partial charge in [0.2, 0.25) is 5.91 Å². The molecule has 3 N–H and O–H groups in total. The van der Waals surface area contributed by atoms with Crippen molar-refractivity contribution in [3.05, 3.63) is 30.1 Å². The third-order valence-electron chi connectivity index (χ3n) is 2.57. The SMILES string of the molecule is Cc1cn(CCC(=O)NN)c2ncccc12. The Balaban J connectivity index is 2.27. The average molecular weight is 218 g/mol. The van der Waals surface area contributed by atoms with E-state index in [-0.39, 0.29) is 5.91 Å². The summed E-state index contributed by atoms with van der Waals surface area (Å²) in [7, 11) is 0. The van der Waals surface area contributed by atoms with E-state index in [1.54, 1.807) is 6.20 Å². The van der Waals surface area contributed by atoms with Crippen molar-refractivity contribution in [1.82, 2.24) is 15.0 Å². The largest absolute Gasteiger partial charge is 0.332 e. The second-order valence-corrected chi connectivity index (χ2v) is 3.70. The first-order chi connectivity index (χ1) is 7.72. The fourth-order valence-electron chi connectivity index (χ4n) is 1.76. The second kappa shape index (κ2) is 4.32. The number of nitrogens with zero attached hydrogens (tertiary/aromatic N) is 2. The molecule has 5 nitrogen and oxygen atoms in total. The molecule has 5 heteroatoms. The lowest BCUT2D eigenvalue weighted by Crippen LogP contribution is -2.30. The van der Waals surface area contributed by atoms with E-state index in [0.29, 0.717) is 13.0 Å². The van der Waals surface area contributed by atoms with Gasteiger partial charge in [-0.25, -0.2) is 10.8 Å². The van der Waals surface area contributed by atoms with Crippen LogP contribution in [-0.4, -0.2) is 15.5 Å². The number of hydrazine groups is 1. The van der Waals surface area contributed by atoms with Crippen LogP contribution in [0.3, 0.4) is 0 Å². The summed E-state index contributed by atoms with van der Waals surface area (Å²) in [5.41, 5.74) is 4.19. The van der Waals surface area contributed by atoms with E-state index in [2.05, 4.69) is 10.4 Å². The Morgan fingerprint density at radius 3 is 3.19 bits per heavy atom. The molecule has 2 heterocycles. The normalized spacial score (nSPS) is 10.6. The van der Waals surface area contributed by atoms with Crippen LogP contribution in [0.5, 0.6) is 0 Å². The lowest BCUT2D eigenvalue weighted by atomic mass is 10.2. The average Bonchev–Trinajstić information content (AvgIpc) is 2.64. The van der Waals surface area contributed by atoms with Crippen LogP contribution in [0.25, 0.3) is 11.0 Å². The summed E-state index contributed by atoms with van der Waals surface area (Å²) in [5.74, 6) is 4.86. The van der Waals surface area contributed by atoms with E-state index < -0.39 is 0 Å². The smallest absolute Gasteiger partial charge is 0.235 e. The quantitative estimate of drug-likeness (QED) is 0.453.